The summed E-state index contributed by atoms with van der Waals surface area (Å²) in [6, 6.07) is 5.12. The van der Waals surface area contributed by atoms with E-state index in [1.165, 1.54) is 4.90 Å². The monoisotopic (exact) mass is 277 g/mol. The average Bonchev–Trinajstić information content (AvgIpc) is 2.16. The third-order valence-corrected chi connectivity index (χ3v) is 2.61. The van der Waals surface area contributed by atoms with Gasteiger partial charge in [-0.05, 0) is 12.1 Å². The predicted octanol–water partition coefficient (Wildman–Crippen LogP) is 3.30. The summed E-state index contributed by atoms with van der Waals surface area (Å²) in [5.74, 6) is 0.661. The Balaban J connectivity index is 3.05. The molecule has 0 saturated heterocycles. The molecule has 5 heteroatoms. The largest absolute Gasteiger partial charge is 0.497 e. The zero-order valence-corrected chi connectivity index (χ0v) is 10.1. The second kappa shape index (κ2) is 4.66. The van der Waals surface area contributed by atoms with E-state index in [2.05, 4.69) is 15.9 Å². The highest BCUT2D eigenvalue weighted by atomic mass is 79.9. The number of nitrogens with zero attached hydrogens (tertiary/aromatic N) is 1. The quantitative estimate of drug-likeness (QED) is 0.613. The summed E-state index contributed by atoms with van der Waals surface area (Å²) in [4.78, 5) is 12.2. The molecular formula is C9H9BrClNO2. The van der Waals surface area contributed by atoms with Crippen molar-refractivity contribution in [3.05, 3.63) is 23.2 Å². The molecule has 1 aromatic carbocycles. The number of hydrogen-bond donors (Lipinski definition) is 0. The van der Waals surface area contributed by atoms with Crippen molar-refractivity contribution in [2.75, 3.05) is 19.1 Å². The summed E-state index contributed by atoms with van der Waals surface area (Å²) in [5.41, 5.74) is 0.634. The Labute approximate surface area is 95.7 Å². The lowest BCUT2D eigenvalue weighted by Gasteiger charge is -2.15. The summed E-state index contributed by atoms with van der Waals surface area (Å²) < 4.78 is 4.99. The first kappa shape index (κ1) is 11.3. The molecule has 0 aliphatic rings. The van der Waals surface area contributed by atoms with Gasteiger partial charge in [0.25, 0.3) is 4.82 Å². The highest BCUT2D eigenvalue weighted by molar-refractivity contribution is 9.18. The van der Waals surface area contributed by atoms with Crippen molar-refractivity contribution in [3.63, 3.8) is 0 Å². The first-order valence-corrected chi connectivity index (χ1v) is 5.00. The van der Waals surface area contributed by atoms with Crippen LogP contribution in [-0.4, -0.2) is 19.0 Å². The van der Waals surface area contributed by atoms with Gasteiger partial charge >= 0.3 is 0 Å². The van der Waals surface area contributed by atoms with Gasteiger partial charge < -0.3 is 9.64 Å². The van der Waals surface area contributed by atoms with Crippen molar-refractivity contribution in [2.45, 2.75) is 0 Å². The molecule has 3 nitrogen and oxygen atoms in total. The van der Waals surface area contributed by atoms with Gasteiger partial charge in [0, 0.05) is 29.0 Å². The summed E-state index contributed by atoms with van der Waals surface area (Å²) in [5, 5.41) is 0.472. The molecule has 0 aromatic heterocycles. The summed E-state index contributed by atoms with van der Waals surface area (Å²) >= 11 is 8.80. The molecule has 0 N–H and O–H groups in total. The molecule has 0 bridgehead atoms. The van der Waals surface area contributed by atoms with Gasteiger partial charge in [-0.1, -0.05) is 11.6 Å². The number of hydrogen-bond acceptors (Lipinski definition) is 2. The van der Waals surface area contributed by atoms with E-state index in [1.54, 1.807) is 32.4 Å². The Morgan fingerprint density at radius 1 is 1.57 bits per heavy atom. The maximum atomic E-state index is 11.0. The van der Waals surface area contributed by atoms with Gasteiger partial charge in [0.05, 0.1) is 17.8 Å². The van der Waals surface area contributed by atoms with E-state index in [1.807, 2.05) is 0 Å². The van der Waals surface area contributed by atoms with Crippen molar-refractivity contribution >= 4 is 38.0 Å². The minimum atomic E-state index is -0.246. The standard InChI is InChI=1S/C9H9BrClNO2/c1-12(9(10)13)8-4-3-6(14-2)5-7(8)11/h3-5H,1-2H3. The molecule has 0 radical (unpaired) electrons. The van der Waals surface area contributed by atoms with Crippen LogP contribution in [0.1, 0.15) is 0 Å². The lowest BCUT2D eigenvalue weighted by Crippen LogP contribution is -2.19. The van der Waals surface area contributed by atoms with Crippen LogP contribution in [-0.2, 0) is 0 Å². The van der Waals surface area contributed by atoms with E-state index in [0.29, 0.717) is 16.5 Å². The zero-order valence-electron chi connectivity index (χ0n) is 7.75. The number of anilines is 1. The van der Waals surface area contributed by atoms with E-state index in [4.69, 9.17) is 16.3 Å². The summed E-state index contributed by atoms with van der Waals surface area (Å²) in [6.45, 7) is 0. The zero-order chi connectivity index (χ0) is 10.7. The number of methoxy groups -OCH3 is 1. The van der Waals surface area contributed by atoms with Crippen LogP contribution in [0.4, 0.5) is 10.5 Å². The topological polar surface area (TPSA) is 29.5 Å². The number of halogens is 2. The number of amides is 1. The number of ether oxygens (including phenoxy) is 1. The van der Waals surface area contributed by atoms with E-state index in [0.717, 1.165) is 0 Å². The van der Waals surface area contributed by atoms with Crippen LogP contribution in [0.15, 0.2) is 18.2 Å². The number of rotatable bonds is 2. The highest BCUT2D eigenvalue weighted by Gasteiger charge is 2.11. The van der Waals surface area contributed by atoms with E-state index >= 15 is 0 Å². The molecule has 76 valence electrons. The average molecular weight is 279 g/mol. The molecule has 1 amide bonds. The smallest absolute Gasteiger partial charge is 0.293 e. The minimum absolute atomic E-state index is 0.246. The lowest BCUT2D eigenvalue weighted by atomic mass is 10.3. The molecule has 0 fully saturated rings. The maximum absolute atomic E-state index is 11.0. The number of benzene rings is 1. The van der Waals surface area contributed by atoms with Gasteiger partial charge in [-0.25, -0.2) is 0 Å². The van der Waals surface area contributed by atoms with Gasteiger partial charge in [0.1, 0.15) is 5.75 Å². The Morgan fingerprint density at radius 3 is 2.64 bits per heavy atom. The van der Waals surface area contributed by atoms with Crippen LogP contribution in [0.2, 0.25) is 5.02 Å². The van der Waals surface area contributed by atoms with Crippen molar-refractivity contribution in [2.24, 2.45) is 0 Å². The fraction of sp³-hybridized carbons (Fsp3) is 0.222. The van der Waals surface area contributed by atoms with E-state index in [9.17, 15) is 4.79 Å². The second-order valence-corrected chi connectivity index (χ2v) is 3.71. The van der Waals surface area contributed by atoms with Gasteiger partial charge in [-0.2, -0.15) is 0 Å². The van der Waals surface area contributed by atoms with Gasteiger partial charge in [0.15, 0.2) is 0 Å². The van der Waals surface area contributed by atoms with Crippen LogP contribution in [0.25, 0.3) is 0 Å². The Morgan fingerprint density at radius 2 is 2.21 bits per heavy atom. The van der Waals surface area contributed by atoms with Gasteiger partial charge in [0.2, 0.25) is 0 Å². The predicted molar refractivity (Wildman–Crippen MR) is 60.7 cm³/mol. The van der Waals surface area contributed by atoms with Crippen molar-refractivity contribution < 1.29 is 9.53 Å². The van der Waals surface area contributed by atoms with Crippen LogP contribution in [0.3, 0.4) is 0 Å². The molecule has 0 aliphatic carbocycles. The molecule has 1 rings (SSSR count). The first-order valence-electron chi connectivity index (χ1n) is 3.83. The Kier molecular flexibility index (Phi) is 3.77. The second-order valence-electron chi connectivity index (χ2n) is 2.63. The van der Waals surface area contributed by atoms with Crippen LogP contribution in [0.5, 0.6) is 5.75 Å². The molecule has 0 heterocycles. The maximum Gasteiger partial charge on any atom is 0.293 e. The third kappa shape index (κ3) is 2.39. The molecule has 0 unspecified atom stereocenters. The van der Waals surface area contributed by atoms with Crippen molar-refractivity contribution in [1.82, 2.24) is 0 Å². The molecule has 14 heavy (non-hydrogen) atoms. The lowest BCUT2D eigenvalue weighted by molar-refractivity contribution is 0.267. The van der Waals surface area contributed by atoms with Crippen LogP contribution < -0.4 is 9.64 Å². The highest BCUT2D eigenvalue weighted by Crippen LogP contribution is 2.29. The summed E-state index contributed by atoms with van der Waals surface area (Å²) in [7, 11) is 3.19. The molecule has 0 saturated carbocycles. The third-order valence-electron chi connectivity index (χ3n) is 1.78. The van der Waals surface area contributed by atoms with Crippen molar-refractivity contribution in [3.8, 4) is 5.75 Å². The van der Waals surface area contributed by atoms with Gasteiger partial charge in [-0.3, -0.25) is 4.79 Å². The van der Waals surface area contributed by atoms with E-state index in [-0.39, 0.29) is 4.82 Å². The summed E-state index contributed by atoms with van der Waals surface area (Å²) in [6.07, 6.45) is 0. The molecule has 0 spiro atoms. The van der Waals surface area contributed by atoms with Crippen LogP contribution >= 0.6 is 27.5 Å². The Hall–Kier alpha value is -0.740. The van der Waals surface area contributed by atoms with Crippen molar-refractivity contribution in [1.29, 1.82) is 0 Å². The SMILES string of the molecule is COc1ccc(N(C)C(=O)Br)c(Cl)c1. The fourth-order valence-electron chi connectivity index (χ4n) is 0.981. The molecule has 0 atom stereocenters. The minimum Gasteiger partial charge on any atom is -0.497 e. The molecular weight excluding hydrogens is 269 g/mol. The number of carbonyl (C=O) groups excluding carboxylic acids is 1. The van der Waals surface area contributed by atoms with E-state index < -0.39 is 0 Å². The first-order chi connectivity index (χ1) is 6.56. The van der Waals surface area contributed by atoms with Crippen LogP contribution in [0, 0.1) is 0 Å². The molecule has 0 aliphatic heterocycles. The normalized spacial score (nSPS) is 9.71. The Bertz CT molecular complexity index is 357. The molecule has 1 aromatic rings. The fourth-order valence-corrected chi connectivity index (χ4v) is 1.47. The number of carbonyl (C=O) groups is 1. The van der Waals surface area contributed by atoms with Gasteiger partial charge in [-0.15, -0.1) is 0 Å².